The number of carbonyl (C=O) groups excluding carboxylic acids is 2. The van der Waals surface area contributed by atoms with Crippen molar-refractivity contribution in [3.8, 4) is 0 Å². The number of rotatable bonds is 9. The summed E-state index contributed by atoms with van der Waals surface area (Å²) in [5.41, 5.74) is -0.123. The lowest BCUT2D eigenvalue weighted by atomic mass is 9.49. The Hall–Kier alpha value is -1.10. The van der Waals surface area contributed by atoms with Crippen molar-refractivity contribution in [1.29, 1.82) is 0 Å². The van der Waals surface area contributed by atoms with Crippen LogP contribution in [0.25, 0.3) is 0 Å². The highest BCUT2D eigenvalue weighted by Crippen LogP contribution is 2.60. The van der Waals surface area contributed by atoms with Gasteiger partial charge in [-0.05, 0) is 90.3 Å². The minimum absolute atomic E-state index is 0.123. The fourth-order valence-corrected chi connectivity index (χ4v) is 6.06. The van der Waals surface area contributed by atoms with Gasteiger partial charge in [0, 0.05) is 13.1 Å². The van der Waals surface area contributed by atoms with Crippen LogP contribution in [0.5, 0.6) is 0 Å². The molecule has 0 heterocycles. The third kappa shape index (κ3) is 4.41. The molecule has 148 valence electrons. The van der Waals surface area contributed by atoms with Crippen LogP contribution in [0.2, 0.25) is 0 Å². The molecule has 26 heavy (non-hydrogen) atoms. The van der Waals surface area contributed by atoms with E-state index in [2.05, 4.69) is 19.0 Å². The second-order valence-corrected chi connectivity index (χ2v) is 9.20. The Labute approximate surface area is 158 Å². The molecule has 5 heteroatoms. The molecule has 0 aromatic carbocycles. The van der Waals surface area contributed by atoms with Gasteiger partial charge in [0.05, 0.1) is 18.4 Å². The second-order valence-electron chi connectivity index (χ2n) is 9.20. The monoisotopic (exact) mass is 364 g/mol. The Balaban J connectivity index is 1.66. The van der Waals surface area contributed by atoms with E-state index in [0.717, 1.165) is 56.5 Å². The normalized spacial score (nSPS) is 32.1. The Kier molecular flexibility index (Phi) is 6.26. The van der Waals surface area contributed by atoms with Gasteiger partial charge in [-0.15, -0.1) is 0 Å². The highest BCUT2D eigenvalue weighted by atomic mass is 16.5. The summed E-state index contributed by atoms with van der Waals surface area (Å²) >= 11 is 0. The molecule has 1 amide bonds. The van der Waals surface area contributed by atoms with Crippen LogP contribution < -0.4 is 0 Å². The molecule has 4 bridgehead atoms. The van der Waals surface area contributed by atoms with Crippen molar-refractivity contribution in [1.82, 2.24) is 9.80 Å². The molecule has 0 aromatic rings. The molecule has 0 aliphatic heterocycles. The van der Waals surface area contributed by atoms with Gasteiger partial charge in [-0.1, -0.05) is 0 Å². The summed E-state index contributed by atoms with van der Waals surface area (Å²) in [6, 6.07) is 0. The van der Waals surface area contributed by atoms with Crippen LogP contribution in [-0.2, 0) is 14.3 Å². The molecule has 4 aliphatic rings. The fourth-order valence-electron chi connectivity index (χ4n) is 6.06. The van der Waals surface area contributed by atoms with Gasteiger partial charge in [-0.3, -0.25) is 9.59 Å². The molecule has 0 atom stereocenters. The third-order valence-corrected chi connectivity index (χ3v) is 6.70. The number of hydrogen-bond acceptors (Lipinski definition) is 4. The van der Waals surface area contributed by atoms with E-state index < -0.39 is 0 Å². The van der Waals surface area contributed by atoms with Gasteiger partial charge >= 0.3 is 5.97 Å². The number of esters is 1. The first-order valence-electron chi connectivity index (χ1n) is 10.5. The van der Waals surface area contributed by atoms with Crippen LogP contribution in [-0.4, -0.2) is 62.0 Å². The SMILES string of the molecule is CCOC(=O)CCN(CCCN(C)C)C(=O)C12CC3CC(CC(C3)C1)C2. The van der Waals surface area contributed by atoms with E-state index in [1.54, 1.807) is 0 Å². The predicted octanol–water partition coefficient (Wildman–Crippen LogP) is 2.94. The molecule has 0 N–H and O–H groups in total. The highest BCUT2D eigenvalue weighted by Gasteiger charge is 2.55. The van der Waals surface area contributed by atoms with E-state index in [-0.39, 0.29) is 11.4 Å². The fraction of sp³-hybridized carbons (Fsp3) is 0.905. The molecule has 0 unspecified atom stereocenters. The number of amides is 1. The van der Waals surface area contributed by atoms with Gasteiger partial charge in [0.1, 0.15) is 0 Å². The molecule has 0 saturated heterocycles. The maximum Gasteiger partial charge on any atom is 0.307 e. The average Bonchev–Trinajstić information content (AvgIpc) is 2.56. The molecule has 4 aliphatic carbocycles. The van der Waals surface area contributed by atoms with E-state index in [1.165, 1.54) is 19.3 Å². The maximum atomic E-state index is 13.6. The van der Waals surface area contributed by atoms with Crippen LogP contribution in [0.4, 0.5) is 0 Å². The largest absolute Gasteiger partial charge is 0.466 e. The molecule has 4 rings (SSSR count). The Bertz CT molecular complexity index is 482. The Morgan fingerprint density at radius 3 is 2.04 bits per heavy atom. The summed E-state index contributed by atoms with van der Waals surface area (Å²) in [4.78, 5) is 29.6. The van der Waals surface area contributed by atoms with Crippen LogP contribution in [0, 0.1) is 23.2 Å². The lowest BCUT2D eigenvalue weighted by molar-refractivity contribution is -0.158. The molecular weight excluding hydrogens is 328 g/mol. The summed E-state index contributed by atoms with van der Waals surface area (Å²) in [5.74, 6) is 2.43. The number of hydrogen-bond donors (Lipinski definition) is 0. The lowest BCUT2D eigenvalue weighted by Crippen LogP contribution is -2.55. The number of ether oxygens (including phenoxy) is 1. The van der Waals surface area contributed by atoms with Crippen molar-refractivity contribution < 1.29 is 14.3 Å². The molecule has 5 nitrogen and oxygen atoms in total. The van der Waals surface area contributed by atoms with Crippen LogP contribution >= 0.6 is 0 Å². The standard InChI is InChI=1S/C21H36N2O3/c1-4-26-19(24)6-9-23(8-5-7-22(2)3)20(25)21-13-16-10-17(14-21)12-18(11-16)15-21/h16-18H,4-15H2,1-3H3. The lowest BCUT2D eigenvalue weighted by Gasteiger charge is -2.56. The summed E-state index contributed by atoms with van der Waals surface area (Å²) in [7, 11) is 4.12. The van der Waals surface area contributed by atoms with Crippen molar-refractivity contribution in [3.63, 3.8) is 0 Å². The van der Waals surface area contributed by atoms with Gasteiger partial charge in [-0.2, -0.15) is 0 Å². The van der Waals surface area contributed by atoms with Crippen LogP contribution in [0.1, 0.15) is 58.3 Å². The molecule has 0 aromatic heterocycles. The second kappa shape index (κ2) is 8.28. The predicted molar refractivity (Wildman–Crippen MR) is 102 cm³/mol. The maximum absolute atomic E-state index is 13.6. The highest BCUT2D eigenvalue weighted by molar-refractivity contribution is 5.84. The van der Waals surface area contributed by atoms with Crippen molar-refractivity contribution in [2.75, 3.05) is 40.3 Å². The van der Waals surface area contributed by atoms with E-state index in [0.29, 0.717) is 25.5 Å². The molecule has 0 radical (unpaired) electrons. The van der Waals surface area contributed by atoms with Gasteiger partial charge in [-0.25, -0.2) is 0 Å². The van der Waals surface area contributed by atoms with Gasteiger partial charge in [0.25, 0.3) is 0 Å². The van der Waals surface area contributed by atoms with Gasteiger partial charge in [0.2, 0.25) is 5.91 Å². The van der Waals surface area contributed by atoms with Crippen molar-refractivity contribution in [2.45, 2.75) is 58.3 Å². The zero-order valence-corrected chi connectivity index (χ0v) is 16.8. The molecule has 4 saturated carbocycles. The van der Waals surface area contributed by atoms with E-state index >= 15 is 0 Å². The van der Waals surface area contributed by atoms with Crippen molar-refractivity contribution >= 4 is 11.9 Å². The number of carbonyl (C=O) groups is 2. The summed E-state index contributed by atoms with van der Waals surface area (Å²) in [5, 5.41) is 0. The van der Waals surface area contributed by atoms with Gasteiger partial charge < -0.3 is 14.5 Å². The topological polar surface area (TPSA) is 49.9 Å². The quantitative estimate of drug-likeness (QED) is 0.590. The average molecular weight is 365 g/mol. The zero-order valence-electron chi connectivity index (χ0n) is 16.8. The first-order chi connectivity index (χ1) is 12.4. The van der Waals surface area contributed by atoms with Gasteiger partial charge in [0.15, 0.2) is 0 Å². The summed E-state index contributed by atoms with van der Waals surface area (Å²) in [6.07, 6.45) is 8.55. The summed E-state index contributed by atoms with van der Waals surface area (Å²) < 4.78 is 5.08. The molecule has 4 fully saturated rings. The van der Waals surface area contributed by atoms with Crippen LogP contribution in [0.3, 0.4) is 0 Å². The van der Waals surface area contributed by atoms with Crippen molar-refractivity contribution in [3.05, 3.63) is 0 Å². The zero-order chi connectivity index (χ0) is 18.7. The minimum Gasteiger partial charge on any atom is -0.466 e. The van der Waals surface area contributed by atoms with E-state index in [4.69, 9.17) is 4.74 Å². The minimum atomic E-state index is -0.191. The third-order valence-electron chi connectivity index (χ3n) is 6.70. The smallest absolute Gasteiger partial charge is 0.307 e. The van der Waals surface area contributed by atoms with E-state index in [1.807, 2.05) is 11.8 Å². The van der Waals surface area contributed by atoms with Crippen molar-refractivity contribution in [2.24, 2.45) is 23.2 Å². The first-order valence-corrected chi connectivity index (χ1v) is 10.5. The summed E-state index contributed by atoms with van der Waals surface area (Å²) in [6.45, 7) is 4.45. The van der Waals surface area contributed by atoms with E-state index in [9.17, 15) is 9.59 Å². The molecule has 0 spiro atoms. The number of nitrogens with zero attached hydrogens (tertiary/aromatic N) is 2. The first kappa shape index (κ1) is 19.7. The molecular formula is C21H36N2O3. The Morgan fingerprint density at radius 1 is 0.962 bits per heavy atom. The Morgan fingerprint density at radius 2 is 1.54 bits per heavy atom. The van der Waals surface area contributed by atoms with Crippen LogP contribution in [0.15, 0.2) is 0 Å².